The van der Waals surface area contributed by atoms with E-state index in [2.05, 4.69) is 10.1 Å². The standard InChI is InChI=1S/C7H11F2NO2/c1-12-6(11)7(8,9)2-5-3-10-4-5/h5,10H,2-4H2,1H3. The molecular weight excluding hydrogens is 168 g/mol. The van der Waals surface area contributed by atoms with Crippen molar-refractivity contribution >= 4 is 5.97 Å². The molecule has 12 heavy (non-hydrogen) atoms. The van der Waals surface area contributed by atoms with E-state index in [0.717, 1.165) is 7.11 Å². The Kier molecular flexibility index (Phi) is 2.62. The van der Waals surface area contributed by atoms with Gasteiger partial charge in [0, 0.05) is 6.42 Å². The van der Waals surface area contributed by atoms with E-state index in [1.54, 1.807) is 0 Å². The van der Waals surface area contributed by atoms with Gasteiger partial charge in [0.15, 0.2) is 0 Å². The maximum absolute atomic E-state index is 12.8. The van der Waals surface area contributed by atoms with Gasteiger partial charge in [-0.2, -0.15) is 8.78 Å². The number of hydrogen-bond donors (Lipinski definition) is 1. The summed E-state index contributed by atoms with van der Waals surface area (Å²) in [6.07, 6.45) is -0.410. The molecule has 1 N–H and O–H groups in total. The van der Waals surface area contributed by atoms with Crippen LogP contribution in [-0.4, -0.2) is 32.1 Å². The van der Waals surface area contributed by atoms with Gasteiger partial charge in [-0.1, -0.05) is 0 Å². The number of carbonyl (C=O) groups excluding carboxylic acids is 1. The Morgan fingerprint density at radius 3 is 2.58 bits per heavy atom. The molecular formula is C7H11F2NO2. The molecule has 1 saturated heterocycles. The maximum Gasteiger partial charge on any atom is 0.376 e. The van der Waals surface area contributed by atoms with Crippen molar-refractivity contribution in [2.45, 2.75) is 12.3 Å². The largest absolute Gasteiger partial charge is 0.465 e. The zero-order valence-electron chi connectivity index (χ0n) is 6.77. The van der Waals surface area contributed by atoms with E-state index in [0.29, 0.717) is 13.1 Å². The molecule has 0 aromatic carbocycles. The number of rotatable bonds is 3. The van der Waals surface area contributed by atoms with Gasteiger partial charge in [0.1, 0.15) is 0 Å². The van der Waals surface area contributed by atoms with Crippen LogP contribution in [0.15, 0.2) is 0 Å². The number of hydrogen-bond acceptors (Lipinski definition) is 3. The van der Waals surface area contributed by atoms with Crippen molar-refractivity contribution in [1.29, 1.82) is 0 Å². The van der Waals surface area contributed by atoms with Gasteiger partial charge in [-0.15, -0.1) is 0 Å². The summed E-state index contributed by atoms with van der Waals surface area (Å²) in [4.78, 5) is 10.5. The third kappa shape index (κ3) is 1.91. The second-order valence-corrected chi connectivity index (χ2v) is 2.92. The summed E-state index contributed by atoms with van der Waals surface area (Å²) in [5.41, 5.74) is 0. The molecule has 0 saturated carbocycles. The molecule has 0 aromatic heterocycles. The highest BCUT2D eigenvalue weighted by Gasteiger charge is 2.43. The first-order valence-electron chi connectivity index (χ1n) is 3.73. The lowest BCUT2D eigenvalue weighted by atomic mass is 9.95. The maximum atomic E-state index is 12.8. The van der Waals surface area contributed by atoms with Crippen molar-refractivity contribution in [2.75, 3.05) is 20.2 Å². The number of methoxy groups -OCH3 is 1. The molecule has 0 aliphatic carbocycles. The van der Waals surface area contributed by atoms with Gasteiger partial charge in [0.25, 0.3) is 0 Å². The number of halogens is 2. The van der Waals surface area contributed by atoms with Crippen LogP contribution in [0, 0.1) is 5.92 Å². The SMILES string of the molecule is COC(=O)C(F)(F)CC1CNC1. The van der Waals surface area contributed by atoms with Crippen molar-refractivity contribution in [1.82, 2.24) is 5.32 Å². The van der Waals surface area contributed by atoms with E-state index in [1.807, 2.05) is 0 Å². The molecule has 0 bridgehead atoms. The molecule has 0 amide bonds. The Bertz CT molecular complexity index is 180. The molecule has 1 aliphatic heterocycles. The van der Waals surface area contributed by atoms with Crippen LogP contribution < -0.4 is 5.32 Å². The lowest BCUT2D eigenvalue weighted by molar-refractivity contribution is -0.171. The molecule has 1 rings (SSSR count). The molecule has 0 spiro atoms. The molecule has 0 unspecified atom stereocenters. The fraction of sp³-hybridized carbons (Fsp3) is 0.857. The van der Waals surface area contributed by atoms with E-state index >= 15 is 0 Å². The molecule has 0 radical (unpaired) electrons. The van der Waals surface area contributed by atoms with Gasteiger partial charge < -0.3 is 10.1 Å². The van der Waals surface area contributed by atoms with Crippen molar-refractivity contribution in [2.24, 2.45) is 5.92 Å². The second-order valence-electron chi connectivity index (χ2n) is 2.92. The van der Waals surface area contributed by atoms with Crippen LogP contribution in [0.4, 0.5) is 8.78 Å². The Hall–Kier alpha value is -0.710. The molecule has 0 atom stereocenters. The van der Waals surface area contributed by atoms with Crippen LogP contribution in [0.2, 0.25) is 0 Å². The van der Waals surface area contributed by atoms with Gasteiger partial charge in [-0.25, -0.2) is 4.79 Å². The quantitative estimate of drug-likeness (QED) is 0.637. The zero-order chi connectivity index (χ0) is 9.19. The smallest absolute Gasteiger partial charge is 0.376 e. The first kappa shape index (κ1) is 9.38. The lowest BCUT2D eigenvalue weighted by Gasteiger charge is -2.29. The highest BCUT2D eigenvalue weighted by atomic mass is 19.3. The third-order valence-electron chi connectivity index (χ3n) is 1.90. The molecule has 5 heteroatoms. The predicted octanol–water partition coefficient (Wildman–Crippen LogP) is 0.404. The highest BCUT2D eigenvalue weighted by Crippen LogP contribution is 2.26. The number of nitrogens with one attached hydrogen (secondary N) is 1. The van der Waals surface area contributed by atoms with Crippen LogP contribution in [0.5, 0.6) is 0 Å². The summed E-state index contributed by atoms with van der Waals surface area (Å²) >= 11 is 0. The van der Waals surface area contributed by atoms with Gasteiger partial charge in [0.05, 0.1) is 7.11 Å². The average Bonchev–Trinajstić information content (AvgIpc) is 1.95. The fourth-order valence-corrected chi connectivity index (χ4v) is 1.09. The molecule has 1 fully saturated rings. The van der Waals surface area contributed by atoms with E-state index in [4.69, 9.17) is 0 Å². The minimum absolute atomic E-state index is 0.0981. The second kappa shape index (κ2) is 3.35. The summed E-state index contributed by atoms with van der Waals surface area (Å²) in [6.45, 7) is 1.12. The van der Waals surface area contributed by atoms with Gasteiger partial charge >= 0.3 is 11.9 Å². The van der Waals surface area contributed by atoms with Crippen LogP contribution in [0.25, 0.3) is 0 Å². The first-order chi connectivity index (χ1) is 5.56. The van der Waals surface area contributed by atoms with E-state index in [-0.39, 0.29) is 5.92 Å². The average molecular weight is 179 g/mol. The summed E-state index contributed by atoms with van der Waals surface area (Å²) < 4.78 is 29.5. The minimum atomic E-state index is -3.32. The van der Waals surface area contributed by atoms with Gasteiger partial charge in [-0.05, 0) is 19.0 Å². The lowest BCUT2D eigenvalue weighted by Crippen LogP contribution is -2.46. The minimum Gasteiger partial charge on any atom is -0.465 e. The molecule has 1 aliphatic rings. The van der Waals surface area contributed by atoms with Crippen molar-refractivity contribution in [3.8, 4) is 0 Å². The normalized spacial score (nSPS) is 18.6. The van der Waals surface area contributed by atoms with Crippen LogP contribution >= 0.6 is 0 Å². The van der Waals surface area contributed by atoms with Crippen molar-refractivity contribution in [3.63, 3.8) is 0 Å². The molecule has 0 aromatic rings. The number of ether oxygens (including phenoxy) is 1. The topological polar surface area (TPSA) is 38.3 Å². The van der Waals surface area contributed by atoms with Gasteiger partial charge in [0.2, 0.25) is 0 Å². The van der Waals surface area contributed by atoms with Crippen LogP contribution in [0.1, 0.15) is 6.42 Å². The Morgan fingerprint density at radius 2 is 2.25 bits per heavy atom. The monoisotopic (exact) mass is 179 g/mol. The Labute approximate surface area is 69.1 Å². The Balaban J connectivity index is 2.40. The summed E-state index contributed by atoms with van der Waals surface area (Å²) in [7, 11) is 0.968. The van der Waals surface area contributed by atoms with E-state index < -0.39 is 18.3 Å². The molecule has 70 valence electrons. The summed E-state index contributed by atoms with van der Waals surface area (Å²) in [5.74, 6) is -4.85. The predicted molar refractivity (Wildman–Crippen MR) is 37.9 cm³/mol. The van der Waals surface area contributed by atoms with Crippen molar-refractivity contribution < 1.29 is 18.3 Å². The molecule has 3 nitrogen and oxygen atoms in total. The molecule has 1 heterocycles. The third-order valence-corrected chi connectivity index (χ3v) is 1.90. The van der Waals surface area contributed by atoms with E-state index in [1.165, 1.54) is 0 Å². The first-order valence-corrected chi connectivity index (χ1v) is 3.73. The number of carbonyl (C=O) groups is 1. The highest BCUT2D eigenvalue weighted by molar-refractivity contribution is 5.77. The van der Waals surface area contributed by atoms with Crippen LogP contribution in [-0.2, 0) is 9.53 Å². The Morgan fingerprint density at radius 1 is 1.67 bits per heavy atom. The van der Waals surface area contributed by atoms with E-state index in [9.17, 15) is 13.6 Å². The number of esters is 1. The fourth-order valence-electron chi connectivity index (χ4n) is 1.09. The number of alkyl halides is 2. The zero-order valence-corrected chi connectivity index (χ0v) is 6.77. The van der Waals surface area contributed by atoms with Crippen LogP contribution in [0.3, 0.4) is 0 Å². The summed E-state index contributed by atoms with van der Waals surface area (Å²) in [5, 5.41) is 2.86. The summed E-state index contributed by atoms with van der Waals surface area (Å²) in [6, 6.07) is 0. The van der Waals surface area contributed by atoms with Gasteiger partial charge in [-0.3, -0.25) is 0 Å². The van der Waals surface area contributed by atoms with Crippen molar-refractivity contribution in [3.05, 3.63) is 0 Å².